The van der Waals surface area contributed by atoms with E-state index in [1.807, 2.05) is 18.2 Å². The van der Waals surface area contributed by atoms with E-state index in [-0.39, 0.29) is 0 Å². The van der Waals surface area contributed by atoms with E-state index in [0.717, 1.165) is 24.3 Å². The molecule has 2 rings (SSSR count). The van der Waals surface area contributed by atoms with Crippen LogP contribution < -0.4 is 0 Å². The molecule has 0 aromatic heterocycles. The topological polar surface area (TPSA) is 37.3 Å². The summed E-state index contributed by atoms with van der Waals surface area (Å²) in [7, 11) is 0. The summed E-state index contributed by atoms with van der Waals surface area (Å²) >= 11 is 0. The van der Waals surface area contributed by atoms with Crippen LogP contribution >= 0.6 is 0 Å². The minimum Gasteiger partial charge on any atom is -0.478 e. The van der Waals surface area contributed by atoms with E-state index in [1.54, 1.807) is 6.07 Å². The van der Waals surface area contributed by atoms with Gasteiger partial charge < -0.3 is 5.11 Å². The van der Waals surface area contributed by atoms with Crippen molar-refractivity contribution >= 4 is 5.97 Å². The Morgan fingerprint density at radius 1 is 1.15 bits per heavy atom. The van der Waals surface area contributed by atoms with E-state index in [2.05, 4.69) is 6.92 Å². The fourth-order valence-electron chi connectivity index (χ4n) is 3.49. The number of rotatable bonds is 6. The first-order valence-corrected chi connectivity index (χ1v) is 8.04. The van der Waals surface area contributed by atoms with E-state index in [1.165, 1.54) is 38.5 Å². The molecule has 0 aliphatic heterocycles. The summed E-state index contributed by atoms with van der Waals surface area (Å²) in [6.45, 7) is 2.25. The Morgan fingerprint density at radius 2 is 1.85 bits per heavy atom. The van der Waals surface area contributed by atoms with Crippen molar-refractivity contribution in [3.05, 3.63) is 35.4 Å². The Kier molecular flexibility index (Phi) is 5.63. The second-order valence-electron chi connectivity index (χ2n) is 6.11. The number of unbranched alkanes of at least 4 members (excludes halogenated alkanes) is 2. The van der Waals surface area contributed by atoms with Crippen LogP contribution in [0.4, 0.5) is 0 Å². The van der Waals surface area contributed by atoms with Crippen molar-refractivity contribution in [2.45, 2.75) is 64.2 Å². The average molecular weight is 274 g/mol. The number of benzene rings is 1. The van der Waals surface area contributed by atoms with Gasteiger partial charge in [-0.25, -0.2) is 4.79 Å². The lowest BCUT2D eigenvalue weighted by atomic mass is 9.76. The predicted molar refractivity (Wildman–Crippen MR) is 82.2 cm³/mol. The lowest BCUT2D eigenvalue weighted by Crippen LogP contribution is -2.15. The van der Waals surface area contributed by atoms with Crippen LogP contribution in [-0.4, -0.2) is 11.1 Å². The molecule has 110 valence electrons. The third-order valence-corrected chi connectivity index (χ3v) is 4.69. The Morgan fingerprint density at radius 3 is 2.50 bits per heavy atom. The van der Waals surface area contributed by atoms with Gasteiger partial charge in [0.05, 0.1) is 5.56 Å². The summed E-state index contributed by atoms with van der Waals surface area (Å²) in [5.74, 6) is 0.533. The van der Waals surface area contributed by atoms with Crippen molar-refractivity contribution in [3.8, 4) is 0 Å². The van der Waals surface area contributed by atoms with E-state index >= 15 is 0 Å². The van der Waals surface area contributed by atoms with Gasteiger partial charge in [-0.1, -0.05) is 50.8 Å². The molecule has 20 heavy (non-hydrogen) atoms. The maximum Gasteiger partial charge on any atom is 0.335 e. The van der Waals surface area contributed by atoms with Gasteiger partial charge in [0, 0.05) is 0 Å². The summed E-state index contributed by atoms with van der Waals surface area (Å²) in [4.78, 5) is 11.3. The fourth-order valence-corrected chi connectivity index (χ4v) is 3.49. The lowest BCUT2D eigenvalue weighted by molar-refractivity contribution is 0.0694. The van der Waals surface area contributed by atoms with Crippen LogP contribution in [-0.2, 0) is 0 Å². The number of carboxylic acids is 1. The van der Waals surface area contributed by atoms with E-state index in [4.69, 9.17) is 0 Å². The SMILES string of the molecule is CCCCCC1CCC(c2ccccc2C(=O)O)CC1. The third-order valence-electron chi connectivity index (χ3n) is 4.69. The van der Waals surface area contributed by atoms with Crippen molar-refractivity contribution in [1.82, 2.24) is 0 Å². The third kappa shape index (κ3) is 3.84. The monoisotopic (exact) mass is 274 g/mol. The molecule has 1 aliphatic rings. The molecule has 0 bridgehead atoms. The number of carboxylic acid groups (broad SMARTS) is 1. The Balaban J connectivity index is 1.92. The number of hydrogen-bond donors (Lipinski definition) is 1. The molecule has 1 fully saturated rings. The highest BCUT2D eigenvalue weighted by molar-refractivity contribution is 5.89. The average Bonchev–Trinajstić information content (AvgIpc) is 2.48. The fraction of sp³-hybridized carbons (Fsp3) is 0.611. The second-order valence-corrected chi connectivity index (χ2v) is 6.11. The molecule has 1 N–H and O–H groups in total. The highest BCUT2D eigenvalue weighted by Gasteiger charge is 2.24. The van der Waals surface area contributed by atoms with Crippen molar-refractivity contribution in [3.63, 3.8) is 0 Å². The first kappa shape index (κ1) is 15.1. The van der Waals surface area contributed by atoms with Crippen LogP contribution in [0.1, 0.15) is 80.1 Å². The Bertz CT molecular complexity index is 431. The van der Waals surface area contributed by atoms with Crippen molar-refractivity contribution in [2.75, 3.05) is 0 Å². The zero-order valence-electron chi connectivity index (χ0n) is 12.5. The maximum absolute atomic E-state index is 11.3. The molecule has 0 heterocycles. The molecule has 0 atom stereocenters. The molecular formula is C18H26O2. The predicted octanol–water partition coefficient (Wildman–Crippen LogP) is 5.24. The van der Waals surface area contributed by atoms with Crippen LogP contribution in [0.3, 0.4) is 0 Å². The Hall–Kier alpha value is -1.31. The first-order chi connectivity index (χ1) is 9.72. The van der Waals surface area contributed by atoms with Gasteiger partial charge in [-0.15, -0.1) is 0 Å². The second kappa shape index (κ2) is 7.47. The van der Waals surface area contributed by atoms with Gasteiger partial charge in [-0.05, 0) is 49.1 Å². The first-order valence-electron chi connectivity index (χ1n) is 8.04. The quantitative estimate of drug-likeness (QED) is 0.720. The molecule has 1 saturated carbocycles. The molecule has 0 amide bonds. The molecule has 1 aromatic carbocycles. The van der Waals surface area contributed by atoms with Crippen molar-refractivity contribution in [2.24, 2.45) is 5.92 Å². The Labute approximate surface area is 122 Å². The summed E-state index contributed by atoms with van der Waals surface area (Å²) in [6.07, 6.45) is 10.2. The van der Waals surface area contributed by atoms with Crippen molar-refractivity contribution < 1.29 is 9.90 Å². The van der Waals surface area contributed by atoms with Crippen LogP contribution in [0.5, 0.6) is 0 Å². The van der Waals surface area contributed by atoms with E-state index < -0.39 is 5.97 Å². The molecule has 0 unspecified atom stereocenters. The molecule has 2 heteroatoms. The largest absolute Gasteiger partial charge is 0.478 e. The van der Waals surface area contributed by atoms with Crippen molar-refractivity contribution in [1.29, 1.82) is 0 Å². The van der Waals surface area contributed by atoms with Gasteiger partial charge in [0.25, 0.3) is 0 Å². The smallest absolute Gasteiger partial charge is 0.335 e. The number of carbonyl (C=O) groups is 1. The zero-order valence-corrected chi connectivity index (χ0v) is 12.5. The summed E-state index contributed by atoms with van der Waals surface area (Å²) < 4.78 is 0. The highest BCUT2D eigenvalue weighted by atomic mass is 16.4. The minimum absolute atomic E-state index is 0.449. The zero-order chi connectivity index (χ0) is 14.4. The summed E-state index contributed by atoms with van der Waals surface area (Å²) in [6, 6.07) is 7.54. The van der Waals surface area contributed by atoms with Gasteiger partial charge in [-0.3, -0.25) is 0 Å². The van der Waals surface area contributed by atoms with Crippen LogP contribution in [0.15, 0.2) is 24.3 Å². The molecule has 0 saturated heterocycles. The highest BCUT2D eigenvalue weighted by Crippen LogP contribution is 2.38. The lowest BCUT2D eigenvalue weighted by Gasteiger charge is -2.29. The standard InChI is InChI=1S/C18H26O2/c1-2-3-4-7-14-10-12-15(13-11-14)16-8-5-6-9-17(16)18(19)20/h5-6,8-9,14-15H,2-4,7,10-13H2,1H3,(H,19,20). The van der Waals surface area contributed by atoms with E-state index in [9.17, 15) is 9.90 Å². The molecule has 0 spiro atoms. The van der Waals surface area contributed by atoms with Gasteiger partial charge >= 0.3 is 5.97 Å². The van der Waals surface area contributed by atoms with E-state index in [0.29, 0.717) is 11.5 Å². The van der Waals surface area contributed by atoms with Crippen LogP contribution in [0.25, 0.3) is 0 Å². The molecule has 2 nitrogen and oxygen atoms in total. The summed E-state index contributed by atoms with van der Waals surface area (Å²) in [5, 5.41) is 9.29. The maximum atomic E-state index is 11.3. The molecule has 0 radical (unpaired) electrons. The van der Waals surface area contributed by atoms with Crippen LogP contribution in [0, 0.1) is 5.92 Å². The number of aromatic carboxylic acids is 1. The van der Waals surface area contributed by atoms with Gasteiger partial charge in [0.2, 0.25) is 0 Å². The molecule has 1 aromatic rings. The van der Waals surface area contributed by atoms with Gasteiger partial charge in [-0.2, -0.15) is 0 Å². The normalized spacial score (nSPS) is 22.6. The van der Waals surface area contributed by atoms with Gasteiger partial charge in [0.15, 0.2) is 0 Å². The summed E-state index contributed by atoms with van der Waals surface area (Å²) in [5.41, 5.74) is 1.55. The number of hydrogen-bond acceptors (Lipinski definition) is 1. The molecular weight excluding hydrogens is 248 g/mol. The minimum atomic E-state index is -0.786. The van der Waals surface area contributed by atoms with Gasteiger partial charge in [0.1, 0.15) is 0 Å². The van der Waals surface area contributed by atoms with Crippen LogP contribution in [0.2, 0.25) is 0 Å². The molecule has 1 aliphatic carbocycles.